The molecule has 1 saturated heterocycles. The first-order chi connectivity index (χ1) is 13.0. The van der Waals surface area contributed by atoms with E-state index >= 15 is 0 Å². The zero-order valence-corrected chi connectivity index (χ0v) is 16.5. The van der Waals surface area contributed by atoms with Crippen LogP contribution in [0.25, 0.3) is 0 Å². The van der Waals surface area contributed by atoms with E-state index in [2.05, 4.69) is 38.3 Å². The number of hydrogen-bond acceptors (Lipinski definition) is 4. The van der Waals surface area contributed by atoms with Gasteiger partial charge in [-0.25, -0.2) is 0 Å². The number of rotatable bonds is 6. The lowest BCUT2D eigenvalue weighted by molar-refractivity contribution is -0.384. The number of piperidine rings is 1. The molecule has 0 radical (unpaired) electrons. The van der Waals surface area contributed by atoms with E-state index in [9.17, 15) is 14.9 Å². The van der Waals surface area contributed by atoms with Crippen LogP contribution in [0.4, 0.5) is 11.4 Å². The van der Waals surface area contributed by atoms with E-state index in [0.29, 0.717) is 22.7 Å². The van der Waals surface area contributed by atoms with Gasteiger partial charge in [0.1, 0.15) is 0 Å². The minimum absolute atomic E-state index is 0.0150. The van der Waals surface area contributed by atoms with Gasteiger partial charge >= 0.3 is 0 Å². The van der Waals surface area contributed by atoms with Crippen molar-refractivity contribution >= 4 is 33.2 Å². The Hall–Kier alpha value is -2.25. The Bertz CT molecular complexity index is 813. The minimum atomic E-state index is -0.460. The molecule has 27 heavy (non-hydrogen) atoms. The van der Waals surface area contributed by atoms with Crippen LogP contribution in [0.3, 0.4) is 0 Å². The molecule has 1 aliphatic heterocycles. The molecule has 1 unspecified atom stereocenters. The van der Waals surface area contributed by atoms with Crippen LogP contribution in [0.5, 0.6) is 0 Å². The van der Waals surface area contributed by atoms with E-state index in [0.717, 1.165) is 25.8 Å². The summed E-state index contributed by atoms with van der Waals surface area (Å²) in [4.78, 5) is 25.1. The van der Waals surface area contributed by atoms with Crippen LogP contribution in [0.2, 0.25) is 0 Å². The van der Waals surface area contributed by atoms with Crippen molar-refractivity contribution < 1.29 is 9.72 Å². The molecule has 1 atom stereocenters. The number of anilines is 1. The van der Waals surface area contributed by atoms with E-state index in [1.165, 1.54) is 24.1 Å². The summed E-state index contributed by atoms with van der Waals surface area (Å²) in [6, 6.07) is 15.0. The van der Waals surface area contributed by atoms with Gasteiger partial charge in [-0.05, 0) is 53.4 Å². The third-order valence-corrected chi connectivity index (χ3v) is 5.50. The second kappa shape index (κ2) is 9.10. The van der Waals surface area contributed by atoms with Crippen molar-refractivity contribution in [3.63, 3.8) is 0 Å². The van der Waals surface area contributed by atoms with Crippen molar-refractivity contribution in [3.05, 3.63) is 68.7 Å². The molecule has 142 valence electrons. The van der Waals surface area contributed by atoms with Crippen molar-refractivity contribution in [1.29, 1.82) is 0 Å². The highest BCUT2D eigenvalue weighted by Crippen LogP contribution is 2.27. The number of likely N-dealkylation sites (tertiary alicyclic amines) is 1. The van der Waals surface area contributed by atoms with Gasteiger partial charge in [0.05, 0.1) is 17.2 Å². The minimum Gasteiger partial charge on any atom is -0.324 e. The number of benzene rings is 2. The zero-order chi connectivity index (χ0) is 19.2. The maximum Gasteiger partial charge on any atom is 0.270 e. The van der Waals surface area contributed by atoms with Gasteiger partial charge in [-0.2, -0.15) is 0 Å². The SMILES string of the molecule is O=C(CN1CCCCC1Cc1ccccc1)Nc1ccc([N+](=O)[O-])cc1Br. The van der Waals surface area contributed by atoms with Gasteiger partial charge in [0, 0.05) is 22.6 Å². The summed E-state index contributed by atoms with van der Waals surface area (Å²) >= 11 is 3.29. The van der Waals surface area contributed by atoms with Crippen molar-refractivity contribution in [2.24, 2.45) is 0 Å². The topological polar surface area (TPSA) is 75.5 Å². The number of nitrogens with zero attached hydrogens (tertiary/aromatic N) is 2. The first-order valence-electron chi connectivity index (χ1n) is 9.04. The van der Waals surface area contributed by atoms with E-state index in [4.69, 9.17) is 0 Å². The fourth-order valence-electron chi connectivity index (χ4n) is 3.48. The number of nitro groups is 1. The monoisotopic (exact) mass is 431 g/mol. The lowest BCUT2D eigenvalue weighted by Gasteiger charge is -2.35. The summed E-state index contributed by atoms with van der Waals surface area (Å²) in [5.41, 5.74) is 1.81. The number of nitro benzene ring substituents is 1. The Balaban J connectivity index is 1.62. The summed E-state index contributed by atoms with van der Waals surface area (Å²) in [6.45, 7) is 1.23. The summed E-state index contributed by atoms with van der Waals surface area (Å²) in [5.74, 6) is -0.107. The molecule has 0 spiro atoms. The lowest BCUT2D eigenvalue weighted by Crippen LogP contribution is -2.45. The molecule has 0 bridgehead atoms. The molecule has 2 aromatic carbocycles. The van der Waals surface area contributed by atoms with Gasteiger partial charge in [-0.15, -0.1) is 0 Å². The Kier molecular flexibility index (Phi) is 6.58. The molecular weight excluding hydrogens is 410 g/mol. The van der Waals surface area contributed by atoms with E-state index in [1.54, 1.807) is 6.07 Å². The van der Waals surface area contributed by atoms with Crippen LogP contribution in [0, 0.1) is 10.1 Å². The fourth-order valence-corrected chi connectivity index (χ4v) is 3.94. The Morgan fingerprint density at radius 1 is 1.22 bits per heavy atom. The number of carbonyl (C=O) groups excluding carboxylic acids is 1. The van der Waals surface area contributed by atoms with Crippen molar-refractivity contribution in [3.8, 4) is 0 Å². The molecule has 1 fully saturated rings. The average Bonchev–Trinajstić information content (AvgIpc) is 2.65. The smallest absolute Gasteiger partial charge is 0.270 e. The summed E-state index contributed by atoms with van der Waals surface area (Å²) in [7, 11) is 0. The molecule has 2 aromatic rings. The van der Waals surface area contributed by atoms with E-state index in [-0.39, 0.29) is 11.6 Å². The van der Waals surface area contributed by atoms with Gasteiger partial charge in [0.2, 0.25) is 5.91 Å². The van der Waals surface area contributed by atoms with Gasteiger partial charge in [-0.1, -0.05) is 36.8 Å². The molecular formula is C20H22BrN3O3. The average molecular weight is 432 g/mol. The first-order valence-corrected chi connectivity index (χ1v) is 9.84. The van der Waals surface area contributed by atoms with Crippen molar-refractivity contribution in [1.82, 2.24) is 4.90 Å². The predicted molar refractivity (Wildman–Crippen MR) is 109 cm³/mol. The predicted octanol–water partition coefficient (Wildman–Crippen LogP) is 4.39. The number of carbonyl (C=O) groups is 1. The standard InChI is InChI=1S/C20H22BrN3O3/c21-18-13-17(24(26)27)9-10-19(18)22-20(25)14-23-11-5-4-8-16(23)12-15-6-2-1-3-7-15/h1-3,6-7,9-10,13,16H,4-5,8,11-12,14H2,(H,22,25). The van der Waals surface area contributed by atoms with Gasteiger partial charge in [0.25, 0.3) is 5.69 Å². The normalized spacial score (nSPS) is 17.4. The number of non-ortho nitro benzene ring substituents is 1. The van der Waals surface area contributed by atoms with Crippen LogP contribution in [0.15, 0.2) is 53.0 Å². The largest absolute Gasteiger partial charge is 0.324 e. The van der Waals surface area contributed by atoms with Crippen LogP contribution in [-0.2, 0) is 11.2 Å². The van der Waals surface area contributed by atoms with E-state index in [1.807, 2.05) is 18.2 Å². The molecule has 0 aromatic heterocycles. The van der Waals surface area contributed by atoms with Crippen molar-refractivity contribution in [2.75, 3.05) is 18.4 Å². The van der Waals surface area contributed by atoms with Crippen LogP contribution in [0.1, 0.15) is 24.8 Å². The maximum atomic E-state index is 12.5. The molecule has 0 aliphatic carbocycles. The molecule has 1 aliphatic rings. The van der Waals surface area contributed by atoms with Gasteiger partial charge < -0.3 is 5.32 Å². The number of hydrogen-bond donors (Lipinski definition) is 1. The summed E-state index contributed by atoms with van der Waals surface area (Å²) in [6.07, 6.45) is 4.31. The molecule has 0 saturated carbocycles. The van der Waals surface area contributed by atoms with Gasteiger partial charge in [0.15, 0.2) is 0 Å². The second-order valence-electron chi connectivity index (χ2n) is 6.78. The highest BCUT2D eigenvalue weighted by atomic mass is 79.9. The molecule has 1 N–H and O–H groups in total. The maximum absolute atomic E-state index is 12.5. The third kappa shape index (κ3) is 5.37. The molecule has 6 nitrogen and oxygen atoms in total. The quantitative estimate of drug-likeness (QED) is 0.543. The van der Waals surface area contributed by atoms with Crippen LogP contribution in [-0.4, -0.2) is 34.9 Å². The van der Waals surface area contributed by atoms with Crippen LogP contribution >= 0.6 is 15.9 Å². The second-order valence-corrected chi connectivity index (χ2v) is 7.63. The van der Waals surface area contributed by atoms with Crippen LogP contribution < -0.4 is 5.32 Å². The lowest BCUT2D eigenvalue weighted by atomic mass is 9.95. The van der Waals surface area contributed by atoms with Crippen molar-refractivity contribution in [2.45, 2.75) is 31.7 Å². The van der Waals surface area contributed by atoms with Gasteiger partial charge in [-0.3, -0.25) is 19.8 Å². The number of halogens is 1. The number of amides is 1. The van der Waals surface area contributed by atoms with E-state index < -0.39 is 4.92 Å². The summed E-state index contributed by atoms with van der Waals surface area (Å²) in [5, 5.41) is 13.7. The molecule has 1 heterocycles. The molecule has 1 amide bonds. The molecule has 3 rings (SSSR count). The highest BCUT2D eigenvalue weighted by Gasteiger charge is 2.24. The molecule has 7 heteroatoms. The number of nitrogens with one attached hydrogen (secondary N) is 1. The highest BCUT2D eigenvalue weighted by molar-refractivity contribution is 9.10. The Labute approximate surface area is 166 Å². The zero-order valence-electron chi connectivity index (χ0n) is 14.9. The fraction of sp³-hybridized carbons (Fsp3) is 0.350. The Morgan fingerprint density at radius 3 is 2.70 bits per heavy atom. The Morgan fingerprint density at radius 2 is 2.00 bits per heavy atom. The third-order valence-electron chi connectivity index (χ3n) is 4.85. The first kappa shape index (κ1) is 19.5. The summed E-state index contributed by atoms with van der Waals surface area (Å²) < 4.78 is 0.504.